The van der Waals surface area contributed by atoms with Crippen molar-refractivity contribution in [1.82, 2.24) is 4.98 Å². The highest BCUT2D eigenvalue weighted by atomic mass is 35.5. The van der Waals surface area contributed by atoms with E-state index in [1.807, 2.05) is 31.1 Å². The van der Waals surface area contributed by atoms with Gasteiger partial charge in [0.25, 0.3) is 10.0 Å². The van der Waals surface area contributed by atoms with Crippen molar-refractivity contribution in [3.8, 4) is 0 Å². The number of pyridine rings is 1. The molecule has 0 radical (unpaired) electrons. The number of nitrogens with zero attached hydrogens (tertiary/aromatic N) is 2. The predicted octanol–water partition coefficient (Wildman–Crippen LogP) is 3.76. The maximum atomic E-state index is 12.4. The molecule has 3 aromatic rings. The molecule has 0 amide bonds. The molecular weight excluding hydrogens is 346 g/mol. The molecular formula is C17H16ClN3O2S. The van der Waals surface area contributed by atoms with Crippen LogP contribution in [0.4, 0.5) is 11.5 Å². The first-order valence-electron chi connectivity index (χ1n) is 7.21. The number of nitrogens with one attached hydrogen (secondary N) is 1. The van der Waals surface area contributed by atoms with Crippen molar-refractivity contribution >= 4 is 43.9 Å². The lowest BCUT2D eigenvalue weighted by Gasteiger charge is -2.15. The minimum Gasteiger partial charge on any atom is -0.362 e. The summed E-state index contributed by atoms with van der Waals surface area (Å²) in [6.45, 7) is 0. The third-order valence-electron chi connectivity index (χ3n) is 3.54. The minimum atomic E-state index is -3.66. The lowest BCUT2D eigenvalue weighted by atomic mass is 10.1. The second-order valence-corrected chi connectivity index (χ2v) is 7.64. The molecule has 0 aliphatic rings. The summed E-state index contributed by atoms with van der Waals surface area (Å²) in [5.74, 6) is 0.833. The monoisotopic (exact) mass is 361 g/mol. The number of hydrogen-bond acceptors (Lipinski definition) is 4. The van der Waals surface area contributed by atoms with Crippen LogP contribution in [0.5, 0.6) is 0 Å². The molecule has 0 aliphatic carbocycles. The van der Waals surface area contributed by atoms with Crippen LogP contribution >= 0.6 is 11.6 Å². The zero-order valence-corrected chi connectivity index (χ0v) is 14.8. The molecule has 24 heavy (non-hydrogen) atoms. The number of sulfonamides is 1. The molecule has 0 fully saturated rings. The number of anilines is 2. The van der Waals surface area contributed by atoms with E-state index in [1.54, 1.807) is 30.5 Å². The maximum absolute atomic E-state index is 12.4. The van der Waals surface area contributed by atoms with E-state index in [4.69, 9.17) is 11.6 Å². The Labute approximate surface area is 145 Å². The average Bonchev–Trinajstić information content (AvgIpc) is 2.54. The zero-order chi connectivity index (χ0) is 17.3. The van der Waals surface area contributed by atoms with Crippen LogP contribution in [-0.2, 0) is 10.0 Å². The largest absolute Gasteiger partial charge is 0.362 e. The van der Waals surface area contributed by atoms with Gasteiger partial charge in [0.2, 0.25) is 0 Å². The Morgan fingerprint density at radius 3 is 2.42 bits per heavy atom. The van der Waals surface area contributed by atoms with Crippen molar-refractivity contribution in [3.63, 3.8) is 0 Å². The van der Waals surface area contributed by atoms with Gasteiger partial charge in [-0.15, -0.1) is 0 Å². The van der Waals surface area contributed by atoms with Gasteiger partial charge in [-0.25, -0.2) is 13.4 Å². The minimum absolute atomic E-state index is 0.163. The maximum Gasteiger partial charge on any atom is 0.261 e. The van der Waals surface area contributed by atoms with Gasteiger partial charge in [0.05, 0.1) is 4.90 Å². The second kappa shape index (κ2) is 6.30. The van der Waals surface area contributed by atoms with Gasteiger partial charge in [-0.3, -0.25) is 4.72 Å². The molecule has 5 nitrogen and oxygen atoms in total. The van der Waals surface area contributed by atoms with E-state index in [9.17, 15) is 8.42 Å². The third-order valence-corrected chi connectivity index (χ3v) is 5.19. The van der Waals surface area contributed by atoms with E-state index in [-0.39, 0.29) is 4.90 Å². The van der Waals surface area contributed by atoms with Gasteiger partial charge in [0.15, 0.2) is 0 Å². The molecule has 1 N–H and O–H groups in total. The molecule has 0 saturated carbocycles. The molecule has 2 aromatic carbocycles. The number of fused-ring (bicyclic) bond motifs is 1. The fourth-order valence-corrected chi connectivity index (χ4v) is 3.59. The number of rotatable bonds is 4. The van der Waals surface area contributed by atoms with E-state index in [0.29, 0.717) is 10.7 Å². The highest BCUT2D eigenvalue weighted by Gasteiger charge is 2.14. The highest BCUT2D eigenvalue weighted by molar-refractivity contribution is 7.92. The van der Waals surface area contributed by atoms with Gasteiger partial charge < -0.3 is 4.90 Å². The van der Waals surface area contributed by atoms with E-state index < -0.39 is 10.0 Å². The summed E-state index contributed by atoms with van der Waals surface area (Å²) in [7, 11) is 0.171. The van der Waals surface area contributed by atoms with Crippen LogP contribution in [-0.4, -0.2) is 27.5 Å². The molecule has 0 bridgehead atoms. The smallest absolute Gasteiger partial charge is 0.261 e. The van der Waals surface area contributed by atoms with E-state index in [0.717, 1.165) is 16.6 Å². The van der Waals surface area contributed by atoms with Gasteiger partial charge in [0.1, 0.15) is 5.82 Å². The number of hydrogen-bond donors (Lipinski definition) is 1. The van der Waals surface area contributed by atoms with Crippen LogP contribution < -0.4 is 9.62 Å². The van der Waals surface area contributed by atoms with Crippen LogP contribution in [0.15, 0.2) is 59.6 Å². The molecule has 0 unspecified atom stereocenters. The van der Waals surface area contributed by atoms with Gasteiger partial charge >= 0.3 is 0 Å². The molecule has 1 heterocycles. The van der Waals surface area contributed by atoms with Gasteiger partial charge in [-0.1, -0.05) is 11.6 Å². The molecule has 0 atom stereocenters. The van der Waals surface area contributed by atoms with Gasteiger partial charge in [-0.05, 0) is 53.9 Å². The van der Waals surface area contributed by atoms with Crippen LogP contribution in [0.3, 0.4) is 0 Å². The van der Waals surface area contributed by atoms with E-state index >= 15 is 0 Å². The molecule has 124 valence electrons. The summed E-state index contributed by atoms with van der Waals surface area (Å²) < 4.78 is 27.5. The molecule has 1 aromatic heterocycles. The molecule has 0 saturated heterocycles. The summed E-state index contributed by atoms with van der Waals surface area (Å²) in [5, 5.41) is 2.35. The SMILES string of the molecule is CN(C)c1nccc2cc(NS(=O)(=O)c3ccc(Cl)cc3)ccc12. The fourth-order valence-electron chi connectivity index (χ4n) is 2.41. The summed E-state index contributed by atoms with van der Waals surface area (Å²) >= 11 is 5.80. The zero-order valence-electron chi connectivity index (χ0n) is 13.2. The Hall–Kier alpha value is -2.31. The van der Waals surface area contributed by atoms with Crippen molar-refractivity contribution in [2.45, 2.75) is 4.90 Å². The van der Waals surface area contributed by atoms with Crippen LogP contribution in [0.2, 0.25) is 5.02 Å². The Bertz CT molecular complexity index is 986. The number of halogens is 1. The number of benzene rings is 2. The first-order chi connectivity index (χ1) is 11.4. The van der Waals surface area contributed by atoms with Gasteiger partial charge in [-0.2, -0.15) is 0 Å². The lowest BCUT2D eigenvalue weighted by Crippen LogP contribution is -2.13. The second-order valence-electron chi connectivity index (χ2n) is 5.52. The topological polar surface area (TPSA) is 62.3 Å². The Balaban J connectivity index is 1.97. The molecule has 7 heteroatoms. The summed E-state index contributed by atoms with van der Waals surface area (Å²) in [6.07, 6.45) is 1.70. The molecule has 0 spiro atoms. The highest BCUT2D eigenvalue weighted by Crippen LogP contribution is 2.27. The fraction of sp³-hybridized carbons (Fsp3) is 0.118. The Kier molecular flexibility index (Phi) is 4.34. The van der Waals surface area contributed by atoms with Crippen LogP contribution in [0, 0.1) is 0 Å². The van der Waals surface area contributed by atoms with Crippen molar-refractivity contribution in [2.75, 3.05) is 23.7 Å². The Morgan fingerprint density at radius 2 is 1.75 bits per heavy atom. The quantitative estimate of drug-likeness (QED) is 0.768. The standard InChI is InChI=1S/C17H16ClN3O2S/c1-21(2)17-16-8-5-14(11-12(16)9-10-19-17)20-24(22,23)15-6-3-13(18)4-7-15/h3-11,20H,1-2H3. The van der Waals surface area contributed by atoms with E-state index in [2.05, 4.69) is 9.71 Å². The molecule has 3 rings (SSSR count). The Morgan fingerprint density at radius 1 is 1.04 bits per heavy atom. The van der Waals surface area contributed by atoms with Crippen molar-refractivity contribution in [2.24, 2.45) is 0 Å². The lowest BCUT2D eigenvalue weighted by molar-refractivity contribution is 0.601. The number of aromatic nitrogens is 1. The van der Waals surface area contributed by atoms with Crippen molar-refractivity contribution in [1.29, 1.82) is 0 Å². The normalized spacial score (nSPS) is 11.5. The van der Waals surface area contributed by atoms with Crippen molar-refractivity contribution < 1.29 is 8.42 Å². The summed E-state index contributed by atoms with van der Waals surface area (Å²) in [6, 6.07) is 13.3. The van der Waals surface area contributed by atoms with Crippen LogP contribution in [0.25, 0.3) is 10.8 Å². The van der Waals surface area contributed by atoms with Crippen molar-refractivity contribution in [3.05, 3.63) is 59.8 Å². The van der Waals surface area contributed by atoms with Gasteiger partial charge in [0, 0.05) is 36.4 Å². The first kappa shape index (κ1) is 16.5. The summed E-state index contributed by atoms with van der Waals surface area (Å²) in [4.78, 5) is 6.42. The summed E-state index contributed by atoms with van der Waals surface area (Å²) in [5.41, 5.74) is 0.494. The first-order valence-corrected chi connectivity index (χ1v) is 9.07. The van der Waals surface area contributed by atoms with Crippen LogP contribution in [0.1, 0.15) is 0 Å². The molecule has 0 aliphatic heterocycles. The third kappa shape index (κ3) is 3.29. The van der Waals surface area contributed by atoms with E-state index in [1.165, 1.54) is 12.1 Å². The average molecular weight is 362 g/mol. The predicted molar refractivity (Wildman–Crippen MR) is 98.3 cm³/mol.